The van der Waals surface area contributed by atoms with Gasteiger partial charge in [0.2, 0.25) is 0 Å². The molecule has 18 heavy (non-hydrogen) atoms. The van der Waals surface area contributed by atoms with E-state index in [1.54, 1.807) is 4.90 Å². The Morgan fingerprint density at radius 1 is 1.33 bits per heavy atom. The van der Waals surface area contributed by atoms with E-state index >= 15 is 0 Å². The van der Waals surface area contributed by atoms with Gasteiger partial charge in [0.1, 0.15) is 6.10 Å². The Hall–Kier alpha value is -1.77. The zero-order chi connectivity index (χ0) is 13.1. The quantitative estimate of drug-likeness (QED) is 0.750. The van der Waals surface area contributed by atoms with Crippen LogP contribution in [0.2, 0.25) is 0 Å². The van der Waals surface area contributed by atoms with E-state index in [-0.39, 0.29) is 18.1 Å². The van der Waals surface area contributed by atoms with Gasteiger partial charge in [-0.1, -0.05) is 37.3 Å². The van der Waals surface area contributed by atoms with Gasteiger partial charge in [-0.05, 0) is 25.0 Å². The lowest BCUT2D eigenvalue weighted by molar-refractivity contribution is -0.143. The van der Waals surface area contributed by atoms with E-state index in [1.165, 1.54) is 0 Å². The molecule has 1 heterocycles. The molecule has 96 valence electrons. The SMILES string of the molecule is CC/C=C1\O[C@H](c2ccccc2)[C@H](C)N(C)C1=O. The second-order valence-corrected chi connectivity index (χ2v) is 4.58. The van der Waals surface area contributed by atoms with Crippen molar-refractivity contribution in [1.82, 2.24) is 4.90 Å². The van der Waals surface area contributed by atoms with Crippen LogP contribution in [0.15, 0.2) is 42.2 Å². The molecule has 3 heteroatoms. The van der Waals surface area contributed by atoms with Crippen molar-refractivity contribution in [2.24, 2.45) is 0 Å². The molecule has 1 fully saturated rings. The molecule has 0 aromatic heterocycles. The van der Waals surface area contributed by atoms with Crippen LogP contribution >= 0.6 is 0 Å². The maximum atomic E-state index is 12.0. The number of likely N-dealkylation sites (N-methyl/N-ethyl adjacent to an activating group) is 1. The fourth-order valence-electron chi connectivity index (χ4n) is 2.16. The highest BCUT2D eigenvalue weighted by Gasteiger charge is 2.35. The highest BCUT2D eigenvalue weighted by atomic mass is 16.5. The van der Waals surface area contributed by atoms with Gasteiger partial charge in [0.15, 0.2) is 5.76 Å². The predicted molar refractivity (Wildman–Crippen MR) is 70.9 cm³/mol. The largest absolute Gasteiger partial charge is 0.478 e. The number of rotatable bonds is 2. The molecule has 1 aliphatic heterocycles. The third kappa shape index (κ3) is 2.26. The van der Waals surface area contributed by atoms with Crippen molar-refractivity contribution in [3.05, 3.63) is 47.7 Å². The first-order valence-corrected chi connectivity index (χ1v) is 6.34. The van der Waals surface area contributed by atoms with Crippen LogP contribution in [0.4, 0.5) is 0 Å². The number of ether oxygens (including phenoxy) is 1. The Bertz CT molecular complexity index is 453. The van der Waals surface area contributed by atoms with Gasteiger partial charge in [0.25, 0.3) is 5.91 Å². The van der Waals surface area contributed by atoms with Crippen molar-refractivity contribution in [3.63, 3.8) is 0 Å². The van der Waals surface area contributed by atoms with Crippen LogP contribution < -0.4 is 0 Å². The average molecular weight is 245 g/mol. The van der Waals surface area contributed by atoms with E-state index in [4.69, 9.17) is 4.74 Å². The van der Waals surface area contributed by atoms with E-state index in [9.17, 15) is 4.79 Å². The molecule has 0 radical (unpaired) electrons. The zero-order valence-electron chi connectivity index (χ0n) is 11.1. The van der Waals surface area contributed by atoms with Crippen LogP contribution in [0.5, 0.6) is 0 Å². The first kappa shape index (κ1) is 12.7. The van der Waals surface area contributed by atoms with Gasteiger partial charge in [0, 0.05) is 7.05 Å². The van der Waals surface area contributed by atoms with Crippen molar-refractivity contribution in [2.75, 3.05) is 7.05 Å². The molecule has 0 unspecified atom stereocenters. The number of hydrogen-bond acceptors (Lipinski definition) is 2. The van der Waals surface area contributed by atoms with Crippen LogP contribution in [0.25, 0.3) is 0 Å². The lowest BCUT2D eigenvalue weighted by Gasteiger charge is -2.38. The van der Waals surface area contributed by atoms with Crippen LogP contribution in [0.1, 0.15) is 31.9 Å². The molecule has 0 bridgehead atoms. The van der Waals surface area contributed by atoms with E-state index in [2.05, 4.69) is 0 Å². The highest BCUT2D eigenvalue weighted by Crippen LogP contribution is 2.32. The fourth-order valence-corrected chi connectivity index (χ4v) is 2.16. The molecular weight excluding hydrogens is 226 g/mol. The Morgan fingerprint density at radius 2 is 2.00 bits per heavy atom. The highest BCUT2D eigenvalue weighted by molar-refractivity contribution is 5.92. The maximum absolute atomic E-state index is 12.0. The molecule has 3 nitrogen and oxygen atoms in total. The maximum Gasteiger partial charge on any atom is 0.288 e. The van der Waals surface area contributed by atoms with Gasteiger partial charge >= 0.3 is 0 Å². The third-order valence-electron chi connectivity index (χ3n) is 3.35. The van der Waals surface area contributed by atoms with E-state index in [0.717, 1.165) is 12.0 Å². The molecule has 1 aromatic carbocycles. The van der Waals surface area contributed by atoms with Crippen molar-refractivity contribution in [1.29, 1.82) is 0 Å². The lowest BCUT2D eigenvalue weighted by Crippen LogP contribution is -2.45. The van der Waals surface area contributed by atoms with Crippen LogP contribution in [-0.2, 0) is 9.53 Å². The molecule has 0 aliphatic carbocycles. The number of amides is 1. The molecule has 1 aromatic rings. The smallest absolute Gasteiger partial charge is 0.288 e. The second kappa shape index (κ2) is 5.25. The summed E-state index contributed by atoms with van der Waals surface area (Å²) < 4.78 is 5.88. The molecule has 2 rings (SSSR count). The number of benzene rings is 1. The molecule has 0 saturated carbocycles. The van der Waals surface area contributed by atoms with Gasteiger partial charge in [-0.15, -0.1) is 0 Å². The summed E-state index contributed by atoms with van der Waals surface area (Å²) in [5.41, 5.74) is 1.10. The van der Waals surface area contributed by atoms with E-state index in [1.807, 2.05) is 57.3 Å². The molecule has 1 saturated heterocycles. The topological polar surface area (TPSA) is 29.5 Å². The number of carbonyl (C=O) groups excluding carboxylic acids is 1. The zero-order valence-corrected chi connectivity index (χ0v) is 11.1. The monoisotopic (exact) mass is 245 g/mol. The summed E-state index contributed by atoms with van der Waals surface area (Å²) in [6.45, 7) is 4.01. The average Bonchev–Trinajstić information content (AvgIpc) is 2.40. The molecule has 1 amide bonds. The molecule has 0 N–H and O–H groups in total. The van der Waals surface area contributed by atoms with E-state index in [0.29, 0.717) is 5.76 Å². The van der Waals surface area contributed by atoms with Crippen molar-refractivity contribution in [2.45, 2.75) is 32.4 Å². The summed E-state index contributed by atoms with van der Waals surface area (Å²) in [6.07, 6.45) is 2.55. The summed E-state index contributed by atoms with van der Waals surface area (Å²) in [6, 6.07) is 10.1. The predicted octanol–water partition coefficient (Wildman–Crippen LogP) is 2.90. The first-order chi connectivity index (χ1) is 8.65. The summed E-state index contributed by atoms with van der Waals surface area (Å²) >= 11 is 0. The minimum Gasteiger partial charge on any atom is -0.478 e. The number of carbonyl (C=O) groups is 1. The Balaban J connectivity index is 2.31. The van der Waals surface area contributed by atoms with Crippen molar-refractivity contribution >= 4 is 5.91 Å². The normalized spacial score (nSPS) is 26.3. The third-order valence-corrected chi connectivity index (χ3v) is 3.35. The molecule has 0 spiro atoms. The number of hydrogen-bond donors (Lipinski definition) is 0. The fraction of sp³-hybridized carbons (Fsp3) is 0.400. The van der Waals surface area contributed by atoms with Crippen LogP contribution in [-0.4, -0.2) is 23.9 Å². The lowest BCUT2D eigenvalue weighted by atomic mass is 10.0. The Morgan fingerprint density at radius 3 is 2.61 bits per heavy atom. The Kier molecular flexibility index (Phi) is 3.70. The van der Waals surface area contributed by atoms with Crippen molar-refractivity contribution in [3.8, 4) is 0 Å². The summed E-state index contributed by atoms with van der Waals surface area (Å²) in [4.78, 5) is 13.8. The summed E-state index contributed by atoms with van der Waals surface area (Å²) in [7, 11) is 1.83. The van der Waals surface area contributed by atoms with Crippen LogP contribution in [0.3, 0.4) is 0 Å². The molecular formula is C15H19NO2. The minimum atomic E-state index is -0.0910. The number of allylic oxidation sites excluding steroid dienone is 1. The second-order valence-electron chi connectivity index (χ2n) is 4.58. The van der Waals surface area contributed by atoms with Crippen LogP contribution in [0, 0.1) is 0 Å². The number of morpholine rings is 1. The molecule has 2 atom stereocenters. The summed E-state index contributed by atoms with van der Waals surface area (Å²) in [5, 5.41) is 0. The minimum absolute atomic E-state index is 0.0310. The first-order valence-electron chi connectivity index (χ1n) is 6.34. The molecule has 1 aliphatic rings. The van der Waals surface area contributed by atoms with Gasteiger partial charge in [0.05, 0.1) is 6.04 Å². The van der Waals surface area contributed by atoms with Gasteiger partial charge in [-0.3, -0.25) is 4.79 Å². The van der Waals surface area contributed by atoms with Crippen molar-refractivity contribution < 1.29 is 9.53 Å². The summed E-state index contributed by atoms with van der Waals surface area (Å²) in [5.74, 6) is 0.434. The van der Waals surface area contributed by atoms with Gasteiger partial charge in [-0.2, -0.15) is 0 Å². The van der Waals surface area contributed by atoms with Gasteiger partial charge < -0.3 is 9.64 Å². The standard InChI is InChI=1S/C15H19NO2/c1-4-8-13-15(17)16(3)11(2)14(18-13)12-9-6-5-7-10-12/h5-11,14H,4H2,1-3H3/b13-8-/t11-,14-/m0/s1. The number of nitrogens with zero attached hydrogens (tertiary/aromatic N) is 1. The van der Waals surface area contributed by atoms with E-state index < -0.39 is 0 Å². The van der Waals surface area contributed by atoms with Gasteiger partial charge in [-0.25, -0.2) is 0 Å². The Labute approximate surface area is 108 Å².